The molecule has 0 unspecified atom stereocenters. The Morgan fingerprint density at radius 2 is 1.71 bits per heavy atom. The fourth-order valence-electron chi connectivity index (χ4n) is 2.61. The lowest BCUT2D eigenvalue weighted by molar-refractivity contribution is 1.38. The van der Waals surface area contributed by atoms with Crippen molar-refractivity contribution in [1.82, 2.24) is 4.98 Å². The maximum absolute atomic E-state index is 4.83. The molecule has 3 rings (SSSR count). The van der Waals surface area contributed by atoms with Crippen molar-refractivity contribution in [2.45, 2.75) is 6.92 Å². The maximum Gasteiger partial charge on any atom is 0.154 e. The van der Waals surface area contributed by atoms with Gasteiger partial charge in [-0.2, -0.15) is 0 Å². The zero-order valence-corrected chi connectivity index (χ0v) is 13.8. The van der Waals surface area contributed by atoms with E-state index in [2.05, 4.69) is 16.0 Å². The number of rotatable bonds is 3. The molecule has 0 aliphatic rings. The zero-order valence-electron chi connectivity index (χ0n) is 13.8. The molecule has 1 aromatic heterocycles. The number of fused-ring (bicyclic) bond motifs is 1. The molecule has 0 atom stereocenters. The van der Waals surface area contributed by atoms with Gasteiger partial charge in [0.25, 0.3) is 0 Å². The molecule has 0 aliphatic heterocycles. The SMILES string of the molecule is C/C=C/C(=NC(=NC)c1ccccc1)c1ccnc2ccccc12. The van der Waals surface area contributed by atoms with Crippen LogP contribution in [0.25, 0.3) is 10.9 Å². The minimum absolute atomic E-state index is 0.713. The molecule has 1 heterocycles. The molecule has 0 N–H and O–H groups in total. The number of aliphatic imine (C=N–C) groups is 2. The van der Waals surface area contributed by atoms with Crippen LogP contribution in [0.4, 0.5) is 0 Å². The van der Waals surface area contributed by atoms with Crippen LogP contribution < -0.4 is 0 Å². The molecular weight excluding hydrogens is 294 g/mol. The van der Waals surface area contributed by atoms with Gasteiger partial charge >= 0.3 is 0 Å². The van der Waals surface area contributed by atoms with E-state index in [0.29, 0.717) is 5.84 Å². The highest BCUT2D eigenvalue weighted by Gasteiger charge is 2.08. The Balaban J connectivity index is 2.16. The Kier molecular flexibility index (Phi) is 4.92. The summed E-state index contributed by atoms with van der Waals surface area (Å²) in [5.74, 6) is 0.713. The first-order valence-electron chi connectivity index (χ1n) is 7.91. The molecule has 3 nitrogen and oxygen atoms in total. The van der Waals surface area contributed by atoms with Crippen molar-refractivity contribution in [3.05, 3.63) is 90.1 Å². The predicted octanol–water partition coefficient (Wildman–Crippen LogP) is 4.68. The summed E-state index contributed by atoms with van der Waals surface area (Å²) < 4.78 is 0. The Morgan fingerprint density at radius 3 is 2.46 bits per heavy atom. The van der Waals surface area contributed by atoms with Crippen LogP contribution in [-0.4, -0.2) is 23.6 Å². The van der Waals surface area contributed by atoms with Gasteiger partial charge in [-0.3, -0.25) is 9.98 Å². The van der Waals surface area contributed by atoms with Gasteiger partial charge in [0.2, 0.25) is 0 Å². The van der Waals surface area contributed by atoms with E-state index in [4.69, 9.17) is 4.99 Å². The smallest absolute Gasteiger partial charge is 0.154 e. The fraction of sp³-hybridized carbons (Fsp3) is 0.0952. The van der Waals surface area contributed by atoms with E-state index >= 15 is 0 Å². The van der Waals surface area contributed by atoms with Crippen molar-refractivity contribution in [3.8, 4) is 0 Å². The van der Waals surface area contributed by atoms with Crippen LogP contribution in [0.5, 0.6) is 0 Å². The zero-order chi connectivity index (χ0) is 16.8. The number of nitrogens with zero attached hydrogens (tertiary/aromatic N) is 3. The van der Waals surface area contributed by atoms with Gasteiger partial charge in [-0.1, -0.05) is 54.6 Å². The summed E-state index contributed by atoms with van der Waals surface area (Å²) >= 11 is 0. The van der Waals surface area contributed by atoms with Crippen LogP contribution in [0.1, 0.15) is 18.1 Å². The second-order valence-electron chi connectivity index (χ2n) is 5.29. The lowest BCUT2D eigenvalue weighted by atomic mass is 10.0. The molecule has 0 fully saturated rings. The van der Waals surface area contributed by atoms with Gasteiger partial charge in [0.05, 0.1) is 11.2 Å². The quantitative estimate of drug-likeness (QED) is 0.511. The Morgan fingerprint density at radius 1 is 0.958 bits per heavy atom. The number of allylic oxidation sites excluding steroid dienone is 2. The van der Waals surface area contributed by atoms with E-state index < -0.39 is 0 Å². The standard InChI is InChI=1S/C21H19N3/c1-3-9-20(24-21(22-2)16-10-5-4-6-11-16)18-14-15-23-19-13-8-7-12-17(18)19/h3-15H,1-2H3/b9-3+,22-21?,24-20?. The summed E-state index contributed by atoms with van der Waals surface area (Å²) in [5, 5.41) is 1.08. The third-order valence-corrected chi connectivity index (χ3v) is 3.72. The predicted molar refractivity (Wildman–Crippen MR) is 102 cm³/mol. The van der Waals surface area contributed by atoms with Crippen molar-refractivity contribution in [3.63, 3.8) is 0 Å². The van der Waals surface area contributed by atoms with Gasteiger partial charge in [0.15, 0.2) is 5.84 Å². The minimum Gasteiger partial charge on any atom is -0.270 e. The molecule has 24 heavy (non-hydrogen) atoms. The Labute approximate surface area is 142 Å². The average Bonchev–Trinajstić information content (AvgIpc) is 2.65. The van der Waals surface area contributed by atoms with Crippen LogP contribution >= 0.6 is 0 Å². The number of para-hydroxylation sites is 1. The molecule has 0 bridgehead atoms. The molecular formula is C21H19N3. The third kappa shape index (κ3) is 3.30. The third-order valence-electron chi connectivity index (χ3n) is 3.72. The molecule has 2 aromatic carbocycles. The lowest BCUT2D eigenvalue weighted by Crippen LogP contribution is -2.05. The number of benzene rings is 2. The summed E-state index contributed by atoms with van der Waals surface area (Å²) in [7, 11) is 1.77. The molecule has 0 spiro atoms. The second-order valence-corrected chi connectivity index (χ2v) is 5.29. The number of hydrogen-bond acceptors (Lipinski definition) is 2. The molecule has 0 amide bonds. The van der Waals surface area contributed by atoms with E-state index in [1.165, 1.54) is 0 Å². The van der Waals surface area contributed by atoms with E-state index in [-0.39, 0.29) is 0 Å². The van der Waals surface area contributed by atoms with Crippen molar-refractivity contribution >= 4 is 22.5 Å². The summed E-state index contributed by atoms with van der Waals surface area (Å²) in [5.41, 5.74) is 3.89. The van der Waals surface area contributed by atoms with Crippen molar-refractivity contribution in [1.29, 1.82) is 0 Å². The van der Waals surface area contributed by atoms with Gasteiger partial charge in [-0.25, -0.2) is 4.99 Å². The van der Waals surface area contributed by atoms with Gasteiger partial charge in [-0.05, 0) is 25.1 Å². The molecule has 3 aromatic rings. The average molecular weight is 313 g/mol. The highest BCUT2D eigenvalue weighted by atomic mass is 14.9. The first-order valence-corrected chi connectivity index (χ1v) is 7.91. The van der Waals surface area contributed by atoms with Crippen LogP contribution in [0.3, 0.4) is 0 Å². The Bertz CT molecular complexity index is 917. The fourth-order valence-corrected chi connectivity index (χ4v) is 2.61. The van der Waals surface area contributed by atoms with Crippen LogP contribution in [0.15, 0.2) is 89.0 Å². The van der Waals surface area contributed by atoms with Crippen LogP contribution in [-0.2, 0) is 0 Å². The van der Waals surface area contributed by atoms with Gasteiger partial charge in [0.1, 0.15) is 0 Å². The molecule has 0 aliphatic carbocycles. The van der Waals surface area contributed by atoms with E-state index in [0.717, 1.165) is 27.7 Å². The van der Waals surface area contributed by atoms with Crippen LogP contribution in [0, 0.1) is 0 Å². The molecule has 0 saturated heterocycles. The van der Waals surface area contributed by atoms with Gasteiger partial charge < -0.3 is 0 Å². The summed E-state index contributed by atoms with van der Waals surface area (Å²) in [6.07, 6.45) is 5.82. The summed E-state index contributed by atoms with van der Waals surface area (Å²) in [4.78, 5) is 13.6. The summed E-state index contributed by atoms with van der Waals surface area (Å²) in [6.45, 7) is 1.99. The van der Waals surface area contributed by atoms with E-state index in [1.54, 1.807) is 7.05 Å². The number of amidine groups is 1. The largest absolute Gasteiger partial charge is 0.270 e. The minimum atomic E-state index is 0.713. The van der Waals surface area contributed by atoms with Crippen LogP contribution in [0.2, 0.25) is 0 Å². The molecule has 0 radical (unpaired) electrons. The van der Waals surface area contributed by atoms with Gasteiger partial charge in [-0.15, -0.1) is 0 Å². The topological polar surface area (TPSA) is 37.6 Å². The van der Waals surface area contributed by atoms with E-state index in [9.17, 15) is 0 Å². The number of aromatic nitrogens is 1. The Hall–Kier alpha value is -3.07. The maximum atomic E-state index is 4.83. The van der Waals surface area contributed by atoms with E-state index in [1.807, 2.05) is 79.9 Å². The van der Waals surface area contributed by atoms with Crippen molar-refractivity contribution in [2.75, 3.05) is 7.05 Å². The first-order chi connectivity index (χ1) is 11.8. The molecule has 0 saturated carbocycles. The molecule has 3 heteroatoms. The summed E-state index contributed by atoms with van der Waals surface area (Å²) in [6, 6.07) is 20.1. The number of hydrogen-bond donors (Lipinski definition) is 0. The highest BCUT2D eigenvalue weighted by molar-refractivity contribution is 6.21. The highest BCUT2D eigenvalue weighted by Crippen LogP contribution is 2.18. The van der Waals surface area contributed by atoms with Crippen molar-refractivity contribution in [2.24, 2.45) is 9.98 Å². The monoisotopic (exact) mass is 313 g/mol. The lowest BCUT2D eigenvalue weighted by Gasteiger charge is -2.08. The second kappa shape index (κ2) is 7.47. The first kappa shape index (κ1) is 15.8. The normalized spacial score (nSPS) is 12.9. The number of pyridine rings is 1. The van der Waals surface area contributed by atoms with Crippen molar-refractivity contribution < 1.29 is 0 Å². The molecule has 118 valence electrons. The van der Waals surface area contributed by atoms with Gasteiger partial charge in [0, 0.05) is 29.8 Å².